The van der Waals surface area contributed by atoms with Crippen LogP contribution in [-0.4, -0.2) is 8.07 Å². The molecule has 0 aliphatic heterocycles. The van der Waals surface area contributed by atoms with Crippen molar-refractivity contribution in [2.45, 2.75) is 65.1 Å². The highest BCUT2D eigenvalue weighted by Crippen LogP contribution is 2.40. The first-order valence-electron chi connectivity index (χ1n) is 5.55. The monoisotopic (exact) mass is 198 g/mol. The van der Waals surface area contributed by atoms with Gasteiger partial charge in [-0.05, 0) is 11.5 Å². The Hall–Kier alpha value is -0.0431. The number of hydrogen-bond donors (Lipinski definition) is 0. The third kappa shape index (κ3) is 3.68. The molecule has 0 spiro atoms. The maximum atomic E-state index is 2.53. The zero-order chi connectivity index (χ0) is 10.5. The molecular weight excluding hydrogens is 172 g/mol. The number of hydrogen-bond acceptors (Lipinski definition) is 0. The second kappa shape index (κ2) is 4.99. The molecule has 0 aromatic carbocycles. The minimum Gasteiger partial charge on any atom is -0.0981 e. The first-order valence-corrected chi connectivity index (χ1v) is 8.63. The summed E-state index contributed by atoms with van der Waals surface area (Å²) >= 11 is 0. The van der Waals surface area contributed by atoms with Gasteiger partial charge in [-0.1, -0.05) is 65.4 Å². The van der Waals surface area contributed by atoms with E-state index >= 15 is 0 Å². The topological polar surface area (TPSA) is 0 Å². The van der Waals surface area contributed by atoms with E-state index in [2.05, 4.69) is 52.6 Å². The van der Waals surface area contributed by atoms with E-state index in [0.29, 0.717) is 5.04 Å². The minimum atomic E-state index is -1.15. The van der Waals surface area contributed by atoms with Crippen LogP contribution < -0.4 is 0 Å². The van der Waals surface area contributed by atoms with E-state index in [0.717, 1.165) is 0 Å². The molecule has 1 heteroatoms. The Bertz CT molecular complexity index is 166. The van der Waals surface area contributed by atoms with Gasteiger partial charge in [-0.3, -0.25) is 0 Å². The molecule has 0 rings (SSSR count). The molecule has 78 valence electrons. The summed E-state index contributed by atoms with van der Waals surface area (Å²) in [5.74, 6) is 0. The van der Waals surface area contributed by atoms with E-state index in [1.165, 1.54) is 19.3 Å². The Kier molecular flexibility index (Phi) is 4.98. The fourth-order valence-electron chi connectivity index (χ4n) is 1.23. The molecule has 0 radical (unpaired) electrons. The summed E-state index contributed by atoms with van der Waals surface area (Å²) in [6.45, 7) is 14.3. The van der Waals surface area contributed by atoms with Gasteiger partial charge in [-0.2, -0.15) is 0 Å². The Balaban J connectivity index is 4.38. The van der Waals surface area contributed by atoms with Gasteiger partial charge in [0.25, 0.3) is 0 Å². The van der Waals surface area contributed by atoms with Crippen molar-refractivity contribution >= 4 is 8.07 Å². The highest BCUT2D eigenvalue weighted by Gasteiger charge is 2.34. The van der Waals surface area contributed by atoms with Gasteiger partial charge in [0, 0.05) is 0 Å². The third-order valence-electron chi connectivity index (χ3n) is 3.62. The van der Waals surface area contributed by atoms with Crippen molar-refractivity contribution in [3.63, 3.8) is 0 Å². The van der Waals surface area contributed by atoms with Crippen LogP contribution in [0.25, 0.3) is 0 Å². The lowest BCUT2D eigenvalue weighted by Gasteiger charge is -2.37. The zero-order valence-electron chi connectivity index (χ0n) is 10.3. The van der Waals surface area contributed by atoms with Crippen molar-refractivity contribution in [3.8, 4) is 0 Å². The van der Waals surface area contributed by atoms with Crippen LogP contribution in [0, 0.1) is 0 Å². The predicted molar refractivity (Wildman–Crippen MR) is 65.9 cm³/mol. The van der Waals surface area contributed by atoms with Crippen LogP contribution in [0.1, 0.15) is 47.0 Å². The lowest BCUT2D eigenvalue weighted by Crippen LogP contribution is -2.36. The first-order chi connectivity index (χ1) is 5.87. The maximum absolute atomic E-state index is 2.53. The predicted octanol–water partition coefficient (Wildman–Crippen LogP) is 4.78. The summed E-state index contributed by atoms with van der Waals surface area (Å²) in [6, 6.07) is 0. The average Bonchev–Trinajstić information content (AvgIpc) is 2.04. The molecule has 0 heterocycles. The molecule has 0 aromatic rings. The molecule has 13 heavy (non-hydrogen) atoms. The average molecular weight is 198 g/mol. The van der Waals surface area contributed by atoms with Crippen LogP contribution >= 0.6 is 0 Å². The number of unbranched alkanes of at least 4 members (excludes halogenated alkanes) is 1. The quantitative estimate of drug-likeness (QED) is 0.558. The van der Waals surface area contributed by atoms with E-state index in [1.807, 2.05) is 0 Å². The summed E-state index contributed by atoms with van der Waals surface area (Å²) in [7, 11) is -1.15. The van der Waals surface area contributed by atoms with Crippen molar-refractivity contribution in [1.82, 2.24) is 0 Å². The van der Waals surface area contributed by atoms with Crippen LogP contribution in [0.2, 0.25) is 18.1 Å². The number of rotatable bonds is 5. The van der Waals surface area contributed by atoms with E-state index in [-0.39, 0.29) is 0 Å². The lowest BCUT2D eigenvalue weighted by atomic mass is 10.1. The third-order valence-corrected chi connectivity index (χ3v) is 8.53. The molecule has 0 atom stereocenters. The molecule has 0 N–H and O–H groups in total. The summed E-state index contributed by atoms with van der Waals surface area (Å²) < 4.78 is 0. The molecular formula is C12H26Si. The summed E-state index contributed by atoms with van der Waals surface area (Å²) in [4.78, 5) is 0. The van der Waals surface area contributed by atoms with Crippen molar-refractivity contribution in [3.05, 3.63) is 11.8 Å². The maximum Gasteiger partial charge on any atom is 0.0768 e. The molecule has 0 aliphatic carbocycles. The normalized spacial score (nSPS) is 14.0. The smallest absolute Gasteiger partial charge is 0.0768 e. The number of allylic oxidation sites excluding steroid dienone is 1. The van der Waals surface area contributed by atoms with Gasteiger partial charge < -0.3 is 0 Å². The van der Waals surface area contributed by atoms with Gasteiger partial charge in [0.1, 0.15) is 0 Å². The summed E-state index contributed by atoms with van der Waals surface area (Å²) in [6.07, 6.45) is 6.20. The molecule has 0 saturated heterocycles. The standard InChI is InChI=1S/C12H26Si/c1-7-9-10-11-13(5,6)12(3,4)8-2/h10-11H,7-9H2,1-6H3. The molecule has 0 nitrogen and oxygen atoms in total. The summed E-state index contributed by atoms with van der Waals surface area (Å²) in [5.41, 5.74) is 2.53. The van der Waals surface area contributed by atoms with Gasteiger partial charge in [-0.15, -0.1) is 0 Å². The molecule has 0 aromatic heterocycles. The molecule has 0 aliphatic rings. The van der Waals surface area contributed by atoms with Crippen molar-refractivity contribution < 1.29 is 0 Å². The Morgan fingerprint density at radius 3 is 2.08 bits per heavy atom. The fourth-order valence-corrected chi connectivity index (χ4v) is 3.34. The molecule has 0 unspecified atom stereocenters. The van der Waals surface area contributed by atoms with Crippen molar-refractivity contribution in [1.29, 1.82) is 0 Å². The zero-order valence-corrected chi connectivity index (χ0v) is 11.3. The highest BCUT2D eigenvalue weighted by atomic mass is 28.3. The summed E-state index contributed by atoms with van der Waals surface area (Å²) in [5, 5.41) is 0.539. The van der Waals surface area contributed by atoms with Crippen LogP contribution in [0.3, 0.4) is 0 Å². The van der Waals surface area contributed by atoms with Gasteiger partial charge in [0.05, 0.1) is 8.07 Å². The van der Waals surface area contributed by atoms with Gasteiger partial charge in [-0.25, -0.2) is 0 Å². The lowest BCUT2D eigenvalue weighted by molar-refractivity contribution is 0.624. The van der Waals surface area contributed by atoms with E-state index in [9.17, 15) is 0 Å². The first kappa shape index (κ1) is 13.0. The Labute approximate surface area is 85.4 Å². The van der Waals surface area contributed by atoms with E-state index in [1.54, 1.807) is 0 Å². The minimum absolute atomic E-state index is 0.539. The van der Waals surface area contributed by atoms with Crippen molar-refractivity contribution in [2.24, 2.45) is 0 Å². The van der Waals surface area contributed by atoms with Gasteiger partial charge >= 0.3 is 0 Å². The Morgan fingerprint density at radius 1 is 1.15 bits per heavy atom. The second-order valence-electron chi connectivity index (χ2n) is 5.15. The molecule has 0 fully saturated rings. The second-order valence-corrected chi connectivity index (χ2v) is 10.3. The molecule has 0 saturated carbocycles. The van der Waals surface area contributed by atoms with E-state index in [4.69, 9.17) is 0 Å². The Morgan fingerprint density at radius 2 is 1.69 bits per heavy atom. The van der Waals surface area contributed by atoms with E-state index < -0.39 is 8.07 Å². The van der Waals surface area contributed by atoms with Crippen LogP contribution in [0.15, 0.2) is 11.8 Å². The van der Waals surface area contributed by atoms with Gasteiger partial charge in [0.2, 0.25) is 0 Å². The SMILES string of the molecule is CCCC=C[Si](C)(C)C(C)(C)CC. The van der Waals surface area contributed by atoms with Crippen LogP contribution in [0.4, 0.5) is 0 Å². The fraction of sp³-hybridized carbons (Fsp3) is 0.833. The molecule has 0 bridgehead atoms. The van der Waals surface area contributed by atoms with Gasteiger partial charge in [0.15, 0.2) is 0 Å². The largest absolute Gasteiger partial charge is 0.0981 e. The molecule has 0 amide bonds. The van der Waals surface area contributed by atoms with Crippen LogP contribution in [-0.2, 0) is 0 Å². The highest BCUT2D eigenvalue weighted by molar-refractivity contribution is 6.84. The van der Waals surface area contributed by atoms with Crippen LogP contribution in [0.5, 0.6) is 0 Å². The van der Waals surface area contributed by atoms with Crippen molar-refractivity contribution in [2.75, 3.05) is 0 Å².